The number of carbonyl (C=O) groups excluding carboxylic acids is 1. The molecule has 3 heterocycles. The van der Waals surface area contributed by atoms with E-state index in [9.17, 15) is 4.79 Å². The highest BCUT2D eigenvalue weighted by Crippen LogP contribution is 2.17. The minimum Gasteiger partial charge on any atom is -0.348 e. The van der Waals surface area contributed by atoms with Gasteiger partial charge in [-0.15, -0.1) is 0 Å². The quantitative estimate of drug-likeness (QED) is 0.784. The summed E-state index contributed by atoms with van der Waals surface area (Å²) in [4.78, 5) is 20.5. The molecule has 1 N–H and O–H groups in total. The lowest BCUT2D eigenvalue weighted by Crippen LogP contribution is -2.22. The molecule has 24 heavy (non-hydrogen) atoms. The van der Waals surface area contributed by atoms with Crippen LogP contribution in [0.3, 0.4) is 0 Å². The summed E-state index contributed by atoms with van der Waals surface area (Å²) in [6.45, 7) is 4.60. The first kappa shape index (κ1) is 15.9. The van der Waals surface area contributed by atoms with Gasteiger partial charge in [-0.2, -0.15) is 5.10 Å². The number of carbonyl (C=O) groups is 1. The maximum Gasteiger partial charge on any atom is 0.253 e. The Labute approximate surface area is 140 Å². The Morgan fingerprint density at radius 2 is 1.96 bits per heavy atom. The third-order valence-electron chi connectivity index (χ3n) is 3.65. The van der Waals surface area contributed by atoms with E-state index in [1.165, 1.54) is 0 Å². The van der Waals surface area contributed by atoms with Crippen LogP contribution in [-0.4, -0.2) is 25.7 Å². The zero-order chi connectivity index (χ0) is 16.9. The molecule has 0 spiro atoms. The van der Waals surface area contributed by atoms with Crippen LogP contribution in [0.5, 0.6) is 0 Å². The minimum absolute atomic E-state index is 0.149. The van der Waals surface area contributed by atoms with Gasteiger partial charge in [0.1, 0.15) is 0 Å². The van der Waals surface area contributed by atoms with Crippen LogP contribution >= 0.6 is 0 Å². The van der Waals surface area contributed by atoms with Crippen molar-refractivity contribution in [1.29, 1.82) is 0 Å². The van der Waals surface area contributed by atoms with Gasteiger partial charge in [0.2, 0.25) is 0 Å². The van der Waals surface area contributed by atoms with Crippen molar-refractivity contribution in [3.05, 3.63) is 66.4 Å². The topological polar surface area (TPSA) is 72.7 Å². The summed E-state index contributed by atoms with van der Waals surface area (Å²) in [6.07, 6.45) is 8.73. The van der Waals surface area contributed by atoms with Gasteiger partial charge in [0.25, 0.3) is 5.91 Å². The summed E-state index contributed by atoms with van der Waals surface area (Å²) < 4.78 is 1.88. The van der Waals surface area contributed by atoms with Gasteiger partial charge < -0.3 is 5.32 Å². The van der Waals surface area contributed by atoms with E-state index in [0.29, 0.717) is 18.2 Å². The van der Waals surface area contributed by atoms with Gasteiger partial charge in [0.05, 0.1) is 17.5 Å². The fourth-order valence-electron chi connectivity index (χ4n) is 2.24. The van der Waals surface area contributed by atoms with Crippen molar-refractivity contribution in [3.63, 3.8) is 0 Å². The van der Waals surface area contributed by atoms with Gasteiger partial charge >= 0.3 is 0 Å². The molecule has 0 aliphatic rings. The first-order valence-corrected chi connectivity index (χ1v) is 7.81. The van der Waals surface area contributed by atoms with Crippen molar-refractivity contribution in [1.82, 2.24) is 25.1 Å². The van der Waals surface area contributed by atoms with Gasteiger partial charge in [0.15, 0.2) is 0 Å². The van der Waals surface area contributed by atoms with Crippen LogP contribution in [0.2, 0.25) is 0 Å². The predicted molar refractivity (Wildman–Crippen MR) is 91.3 cm³/mol. The highest BCUT2D eigenvalue weighted by Gasteiger charge is 2.09. The zero-order valence-electron chi connectivity index (χ0n) is 13.7. The van der Waals surface area contributed by atoms with Crippen molar-refractivity contribution in [2.75, 3.05) is 0 Å². The van der Waals surface area contributed by atoms with E-state index in [1.54, 1.807) is 30.9 Å². The van der Waals surface area contributed by atoms with Crippen LogP contribution < -0.4 is 5.32 Å². The number of hydrogen-bond acceptors (Lipinski definition) is 4. The summed E-state index contributed by atoms with van der Waals surface area (Å²) >= 11 is 0. The first-order chi connectivity index (χ1) is 11.6. The molecule has 0 bridgehead atoms. The van der Waals surface area contributed by atoms with Crippen LogP contribution in [0, 0.1) is 0 Å². The van der Waals surface area contributed by atoms with Crippen molar-refractivity contribution in [3.8, 4) is 11.3 Å². The molecule has 6 nitrogen and oxygen atoms in total. The first-order valence-electron chi connectivity index (χ1n) is 7.81. The second-order valence-corrected chi connectivity index (χ2v) is 5.77. The SMILES string of the molecule is CC(C)n1cc(-c2ccc(C(=O)NCc3ccncc3)cn2)cn1. The van der Waals surface area contributed by atoms with E-state index in [2.05, 4.69) is 34.2 Å². The molecule has 0 unspecified atom stereocenters. The standard InChI is InChI=1S/C18H19N5O/c1-13(2)23-12-16(11-22-23)17-4-3-15(10-20-17)18(24)21-9-14-5-7-19-8-6-14/h3-8,10-13H,9H2,1-2H3,(H,21,24). The van der Waals surface area contributed by atoms with Crippen molar-refractivity contribution in [2.24, 2.45) is 0 Å². The molecule has 0 aliphatic heterocycles. The fourth-order valence-corrected chi connectivity index (χ4v) is 2.24. The van der Waals surface area contributed by atoms with Gasteiger partial charge in [0, 0.05) is 42.9 Å². The number of hydrogen-bond donors (Lipinski definition) is 1. The summed E-state index contributed by atoms with van der Waals surface area (Å²) in [6, 6.07) is 7.65. The van der Waals surface area contributed by atoms with Gasteiger partial charge in [-0.1, -0.05) is 0 Å². The van der Waals surface area contributed by atoms with E-state index in [-0.39, 0.29) is 5.91 Å². The van der Waals surface area contributed by atoms with Crippen LogP contribution in [0.25, 0.3) is 11.3 Å². The average molecular weight is 321 g/mol. The van der Waals surface area contributed by atoms with Gasteiger partial charge in [-0.3, -0.25) is 19.4 Å². The summed E-state index contributed by atoms with van der Waals surface area (Å²) in [5.74, 6) is -0.149. The second-order valence-electron chi connectivity index (χ2n) is 5.77. The molecule has 6 heteroatoms. The van der Waals surface area contributed by atoms with Crippen molar-refractivity contribution >= 4 is 5.91 Å². The molecule has 1 amide bonds. The number of rotatable bonds is 5. The third kappa shape index (κ3) is 3.65. The molecule has 3 aromatic heterocycles. The summed E-state index contributed by atoms with van der Waals surface area (Å²) in [5, 5.41) is 7.18. The molecule has 122 valence electrons. The fraction of sp³-hybridized carbons (Fsp3) is 0.222. The van der Waals surface area contributed by atoms with Crippen LogP contribution in [0.4, 0.5) is 0 Å². The smallest absolute Gasteiger partial charge is 0.253 e. The number of nitrogens with zero attached hydrogens (tertiary/aromatic N) is 4. The molecule has 0 fully saturated rings. The number of nitrogens with one attached hydrogen (secondary N) is 1. The monoisotopic (exact) mass is 321 g/mol. The maximum absolute atomic E-state index is 12.2. The molecule has 0 aliphatic carbocycles. The van der Waals surface area contributed by atoms with Crippen molar-refractivity contribution in [2.45, 2.75) is 26.4 Å². The predicted octanol–water partition coefficient (Wildman–Crippen LogP) is 2.85. The molecule has 3 aromatic rings. The van der Waals surface area contributed by atoms with Crippen molar-refractivity contribution < 1.29 is 4.79 Å². The molecule has 3 rings (SSSR count). The van der Waals surface area contributed by atoms with Gasteiger partial charge in [-0.25, -0.2) is 0 Å². The third-order valence-corrected chi connectivity index (χ3v) is 3.65. The van der Waals surface area contributed by atoms with Crippen LogP contribution in [0.1, 0.15) is 35.8 Å². The lowest BCUT2D eigenvalue weighted by molar-refractivity contribution is 0.0950. The zero-order valence-corrected chi connectivity index (χ0v) is 13.7. The largest absolute Gasteiger partial charge is 0.348 e. The van der Waals surface area contributed by atoms with E-state index < -0.39 is 0 Å². The molecule has 0 saturated heterocycles. The molecule has 0 aromatic carbocycles. The average Bonchev–Trinajstić information content (AvgIpc) is 3.11. The molecular formula is C18H19N5O. The van der Waals surface area contributed by atoms with Crippen LogP contribution in [-0.2, 0) is 6.54 Å². The molecule has 0 radical (unpaired) electrons. The Morgan fingerprint density at radius 3 is 2.58 bits per heavy atom. The molecular weight excluding hydrogens is 302 g/mol. The Balaban J connectivity index is 1.66. The van der Waals surface area contributed by atoms with E-state index in [0.717, 1.165) is 16.8 Å². The number of aromatic nitrogens is 4. The highest BCUT2D eigenvalue weighted by molar-refractivity contribution is 5.94. The Morgan fingerprint density at radius 1 is 1.17 bits per heavy atom. The molecule has 0 saturated carbocycles. The normalized spacial score (nSPS) is 10.8. The Bertz CT molecular complexity index is 809. The minimum atomic E-state index is -0.149. The van der Waals surface area contributed by atoms with E-state index in [4.69, 9.17) is 0 Å². The number of amides is 1. The number of pyridine rings is 2. The lowest BCUT2D eigenvalue weighted by Gasteiger charge is -2.06. The Kier molecular flexibility index (Phi) is 4.65. The second kappa shape index (κ2) is 7.04. The highest BCUT2D eigenvalue weighted by atomic mass is 16.1. The van der Waals surface area contributed by atoms with E-state index in [1.807, 2.05) is 29.1 Å². The molecule has 0 atom stereocenters. The lowest BCUT2D eigenvalue weighted by atomic mass is 10.2. The summed E-state index contributed by atoms with van der Waals surface area (Å²) in [7, 11) is 0. The maximum atomic E-state index is 12.2. The summed E-state index contributed by atoms with van der Waals surface area (Å²) in [5.41, 5.74) is 3.27. The Hall–Kier alpha value is -3.02. The van der Waals surface area contributed by atoms with E-state index >= 15 is 0 Å². The van der Waals surface area contributed by atoms with Crippen LogP contribution in [0.15, 0.2) is 55.2 Å². The van der Waals surface area contributed by atoms with Gasteiger partial charge in [-0.05, 0) is 43.7 Å².